The lowest BCUT2D eigenvalue weighted by Gasteiger charge is -2.20. The number of nitrogens with two attached hydrogens (primary N) is 1. The van der Waals surface area contributed by atoms with Crippen molar-refractivity contribution >= 4 is 17.7 Å². The summed E-state index contributed by atoms with van der Waals surface area (Å²) < 4.78 is 1.30. The molecular formula is C14H18N10. The van der Waals surface area contributed by atoms with Gasteiger partial charge in [0.1, 0.15) is 6.07 Å². The van der Waals surface area contributed by atoms with Crippen LogP contribution in [-0.2, 0) is 0 Å². The Hall–Kier alpha value is -2.96. The lowest BCUT2D eigenvalue weighted by Crippen LogP contribution is -2.26. The van der Waals surface area contributed by atoms with Crippen molar-refractivity contribution in [3.05, 3.63) is 5.69 Å². The lowest BCUT2D eigenvalue weighted by molar-refractivity contribution is 0.735. The molecule has 0 unspecified atom stereocenters. The van der Waals surface area contributed by atoms with Crippen LogP contribution in [0.25, 0.3) is 5.95 Å². The minimum atomic E-state index is 0.0702. The zero-order valence-corrected chi connectivity index (χ0v) is 13.3. The molecule has 2 aromatic heterocycles. The molecule has 4 heterocycles. The van der Waals surface area contributed by atoms with Crippen molar-refractivity contribution in [3.8, 4) is 12.0 Å². The molecule has 2 aromatic rings. The van der Waals surface area contributed by atoms with E-state index >= 15 is 0 Å². The maximum atomic E-state index is 9.02. The highest BCUT2D eigenvalue weighted by molar-refractivity contribution is 5.49. The number of anilines is 3. The molecule has 2 saturated heterocycles. The fourth-order valence-corrected chi connectivity index (χ4v) is 3.07. The minimum absolute atomic E-state index is 0.0702. The first-order chi connectivity index (χ1) is 11.8. The molecule has 10 nitrogen and oxygen atoms in total. The molecule has 24 heavy (non-hydrogen) atoms. The van der Waals surface area contributed by atoms with E-state index in [1.165, 1.54) is 4.68 Å². The summed E-state index contributed by atoms with van der Waals surface area (Å²) in [4.78, 5) is 18.0. The van der Waals surface area contributed by atoms with Gasteiger partial charge in [-0.1, -0.05) is 5.21 Å². The molecule has 124 valence electrons. The molecular weight excluding hydrogens is 308 g/mol. The van der Waals surface area contributed by atoms with E-state index in [0.29, 0.717) is 17.8 Å². The molecule has 2 aliphatic heterocycles. The molecule has 0 bridgehead atoms. The van der Waals surface area contributed by atoms with Crippen molar-refractivity contribution < 1.29 is 0 Å². The van der Waals surface area contributed by atoms with Crippen LogP contribution in [-0.4, -0.2) is 56.1 Å². The van der Waals surface area contributed by atoms with E-state index in [0.717, 1.165) is 51.9 Å². The normalized spacial score (nSPS) is 17.5. The molecule has 10 heteroatoms. The average Bonchev–Trinajstić information content (AvgIpc) is 3.36. The van der Waals surface area contributed by atoms with Crippen LogP contribution in [0.3, 0.4) is 0 Å². The van der Waals surface area contributed by atoms with Crippen LogP contribution in [0.2, 0.25) is 0 Å². The minimum Gasteiger partial charge on any atom is -0.381 e. The Kier molecular flexibility index (Phi) is 3.60. The SMILES string of the molecule is N#Cc1nnn(-c2nc(N3CCCC3)nc(N3CCCC3)n2)c1N. The number of hydrogen-bond acceptors (Lipinski definition) is 9. The third kappa shape index (κ3) is 2.47. The summed E-state index contributed by atoms with van der Waals surface area (Å²) in [6.45, 7) is 3.72. The van der Waals surface area contributed by atoms with Gasteiger partial charge in [-0.25, -0.2) is 0 Å². The third-order valence-corrected chi connectivity index (χ3v) is 4.38. The van der Waals surface area contributed by atoms with Crippen LogP contribution < -0.4 is 15.5 Å². The van der Waals surface area contributed by atoms with Gasteiger partial charge in [-0.15, -0.1) is 5.10 Å². The molecule has 2 N–H and O–H groups in total. The predicted molar refractivity (Wildman–Crippen MR) is 86.8 cm³/mol. The zero-order chi connectivity index (χ0) is 16.5. The van der Waals surface area contributed by atoms with Gasteiger partial charge < -0.3 is 15.5 Å². The Morgan fingerprint density at radius 1 is 0.833 bits per heavy atom. The number of hydrogen-bond donors (Lipinski definition) is 1. The highest BCUT2D eigenvalue weighted by atomic mass is 15.5. The van der Waals surface area contributed by atoms with E-state index in [1.807, 2.05) is 6.07 Å². The summed E-state index contributed by atoms with van der Waals surface area (Å²) in [5, 5.41) is 16.7. The summed E-state index contributed by atoms with van der Waals surface area (Å²) in [7, 11) is 0. The quantitative estimate of drug-likeness (QED) is 0.836. The number of nitrogens with zero attached hydrogens (tertiary/aromatic N) is 9. The van der Waals surface area contributed by atoms with E-state index in [1.54, 1.807) is 0 Å². The second-order valence-electron chi connectivity index (χ2n) is 5.97. The molecule has 0 atom stereocenters. The largest absolute Gasteiger partial charge is 0.381 e. The summed E-state index contributed by atoms with van der Waals surface area (Å²) >= 11 is 0. The van der Waals surface area contributed by atoms with Gasteiger partial charge in [0.2, 0.25) is 17.6 Å². The van der Waals surface area contributed by atoms with Crippen LogP contribution in [0.1, 0.15) is 31.4 Å². The fraction of sp³-hybridized carbons (Fsp3) is 0.571. The Bertz CT molecular complexity index is 745. The summed E-state index contributed by atoms with van der Waals surface area (Å²) in [6, 6.07) is 1.91. The number of nitrogen functional groups attached to an aromatic ring is 1. The highest BCUT2D eigenvalue weighted by Crippen LogP contribution is 2.23. The highest BCUT2D eigenvalue weighted by Gasteiger charge is 2.23. The van der Waals surface area contributed by atoms with Crippen molar-refractivity contribution in [2.24, 2.45) is 0 Å². The predicted octanol–water partition coefficient (Wildman–Crippen LogP) is 0.107. The van der Waals surface area contributed by atoms with Gasteiger partial charge >= 0.3 is 0 Å². The molecule has 0 saturated carbocycles. The first kappa shape index (κ1) is 14.6. The van der Waals surface area contributed by atoms with E-state index in [2.05, 4.69) is 35.1 Å². The number of nitriles is 1. The van der Waals surface area contributed by atoms with Crippen molar-refractivity contribution in [2.45, 2.75) is 25.7 Å². The molecule has 4 rings (SSSR count). The zero-order valence-electron chi connectivity index (χ0n) is 13.3. The van der Waals surface area contributed by atoms with E-state index in [4.69, 9.17) is 11.0 Å². The summed E-state index contributed by atoms with van der Waals surface area (Å²) in [5.74, 6) is 1.71. The molecule has 0 aromatic carbocycles. The van der Waals surface area contributed by atoms with Crippen LogP contribution in [0.4, 0.5) is 17.7 Å². The van der Waals surface area contributed by atoms with E-state index < -0.39 is 0 Å². The second-order valence-corrected chi connectivity index (χ2v) is 5.97. The number of aromatic nitrogens is 6. The van der Waals surface area contributed by atoms with E-state index in [9.17, 15) is 0 Å². The molecule has 0 aliphatic carbocycles. The van der Waals surface area contributed by atoms with Crippen LogP contribution >= 0.6 is 0 Å². The van der Waals surface area contributed by atoms with Gasteiger partial charge in [0, 0.05) is 26.2 Å². The fourth-order valence-electron chi connectivity index (χ4n) is 3.07. The van der Waals surface area contributed by atoms with Crippen molar-refractivity contribution in [1.82, 2.24) is 29.9 Å². The third-order valence-electron chi connectivity index (χ3n) is 4.38. The average molecular weight is 326 g/mol. The van der Waals surface area contributed by atoms with Crippen LogP contribution in [0.15, 0.2) is 0 Å². The maximum Gasteiger partial charge on any atom is 0.260 e. The molecule has 2 fully saturated rings. The standard InChI is InChI=1S/C14H18N10/c15-9-10-11(16)24(21-20-10)14-18-12(22-5-1-2-6-22)17-13(19-14)23-7-3-4-8-23/h1-8,16H2. The van der Waals surface area contributed by atoms with Crippen LogP contribution in [0, 0.1) is 11.3 Å². The Balaban J connectivity index is 1.79. The summed E-state index contributed by atoms with van der Waals surface area (Å²) in [6.07, 6.45) is 4.52. The second kappa shape index (κ2) is 5.92. The Morgan fingerprint density at radius 3 is 1.79 bits per heavy atom. The molecule has 0 amide bonds. The summed E-state index contributed by atoms with van der Waals surface area (Å²) in [5.41, 5.74) is 6.01. The van der Waals surface area contributed by atoms with Gasteiger partial charge in [0.25, 0.3) is 5.95 Å². The maximum absolute atomic E-state index is 9.02. The van der Waals surface area contributed by atoms with Gasteiger partial charge in [-0.3, -0.25) is 0 Å². The topological polar surface area (TPSA) is 126 Å². The smallest absolute Gasteiger partial charge is 0.260 e. The van der Waals surface area contributed by atoms with Gasteiger partial charge in [-0.2, -0.15) is 24.9 Å². The Morgan fingerprint density at radius 2 is 1.33 bits per heavy atom. The van der Waals surface area contributed by atoms with Crippen LogP contribution in [0.5, 0.6) is 0 Å². The number of rotatable bonds is 3. The first-order valence-electron chi connectivity index (χ1n) is 8.14. The molecule has 0 spiro atoms. The van der Waals surface area contributed by atoms with Gasteiger partial charge in [-0.05, 0) is 25.7 Å². The Labute approximate surface area is 138 Å². The lowest BCUT2D eigenvalue weighted by atomic mass is 10.4. The monoisotopic (exact) mass is 326 g/mol. The first-order valence-corrected chi connectivity index (χ1v) is 8.14. The van der Waals surface area contributed by atoms with Crippen molar-refractivity contribution in [2.75, 3.05) is 41.7 Å². The molecule has 0 radical (unpaired) electrons. The van der Waals surface area contributed by atoms with Gasteiger partial charge in [0.15, 0.2) is 5.82 Å². The van der Waals surface area contributed by atoms with Gasteiger partial charge in [0.05, 0.1) is 0 Å². The van der Waals surface area contributed by atoms with Crippen molar-refractivity contribution in [3.63, 3.8) is 0 Å². The molecule has 2 aliphatic rings. The van der Waals surface area contributed by atoms with Crippen molar-refractivity contribution in [1.29, 1.82) is 5.26 Å². The van der Waals surface area contributed by atoms with E-state index in [-0.39, 0.29) is 11.5 Å².